The molecule has 0 saturated heterocycles. The van der Waals surface area contributed by atoms with Crippen molar-refractivity contribution in [1.82, 2.24) is 0 Å². The van der Waals surface area contributed by atoms with Crippen LogP contribution >= 0.6 is 23.4 Å². The average Bonchev–Trinajstić information content (AvgIpc) is 2.43. The molecule has 0 spiro atoms. The molecule has 0 heterocycles. The predicted octanol–water partition coefficient (Wildman–Crippen LogP) is 4.98. The van der Waals surface area contributed by atoms with Crippen LogP contribution in [0.5, 0.6) is 5.75 Å². The summed E-state index contributed by atoms with van der Waals surface area (Å²) in [6.45, 7) is 1.89. The van der Waals surface area contributed by atoms with Gasteiger partial charge in [-0.15, -0.1) is 11.8 Å². The normalized spacial score (nSPS) is 10.2. The fourth-order valence-corrected chi connectivity index (χ4v) is 2.20. The van der Waals surface area contributed by atoms with Gasteiger partial charge in [-0.3, -0.25) is 5.32 Å². The minimum atomic E-state index is -0.535. The van der Waals surface area contributed by atoms with Crippen molar-refractivity contribution in [1.29, 1.82) is 0 Å². The van der Waals surface area contributed by atoms with Crippen LogP contribution in [0.2, 0.25) is 5.02 Å². The Labute approximate surface area is 127 Å². The zero-order valence-electron chi connectivity index (χ0n) is 11.1. The van der Waals surface area contributed by atoms with Crippen molar-refractivity contribution in [3.8, 4) is 5.75 Å². The third-order valence-electron chi connectivity index (χ3n) is 2.71. The molecule has 2 aromatic rings. The Balaban J connectivity index is 2.03. The van der Waals surface area contributed by atoms with Crippen LogP contribution in [-0.2, 0) is 0 Å². The van der Waals surface area contributed by atoms with E-state index >= 15 is 0 Å². The number of nitrogens with one attached hydrogen (secondary N) is 1. The molecule has 0 saturated carbocycles. The molecule has 20 heavy (non-hydrogen) atoms. The number of rotatable bonds is 3. The van der Waals surface area contributed by atoms with E-state index in [-0.39, 0.29) is 0 Å². The van der Waals surface area contributed by atoms with Crippen LogP contribution in [0.4, 0.5) is 10.5 Å². The van der Waals surface area contributed by atoms with Gasteiger partial charge in [-0.2, -0.15) is 0 Å². The van der Waals surface area contributed by atoms with Crippen molar-refractivity contribution in [3.05, 3.63) is 53.1 Å². The number of hydrogen-bond donors (Lipinski definition) is 1. The molecule has 0 atom stereocenters. The monoisotopic (exact) mass is 307 g/mol. The van der Waals surface area contributed by atoms with Crippen LogP contribution in [0.25, 0.3) is 0 Å². The summed E-state index contributed by atoms with van der Waals surface area (Å²) in [6.07, 6.45) is 1.46. The second-order valence-electron chi connectivity index (χ2n) is 4.15. The molecule has 2 aromatic carbocycles. The molecular formula is C15H14ClNO2S. The zero-order valence-corrected chi connectivity index (χ0v) is 12.7. The maximum atomic E-state index is 11.8. The second kappa shape index (κ2) is 6.68. The quantitative estimate of drug-likeness (QED) is 0.813. The molecule has 104 valence electrons. The number of ether oxygens (including phenoxy) is 1. The van der Waals surface area contributed by atoms with Gasteiger partial charge in [0.25, 0.3) is 0 Å². The first-order valence-electron chi connectivity index (χ1n) is 5.97. The highest BCUT2D eigenvalue weighted by Crippen LogP contribution is 2.22. The van der Waals surface area contributed by atoms with Crippen LogP contribution in [0.1, 0.15) is 5.56 Å². The first-order chi connectivity index (χ1) is 9.58. The number of amides is 1. The van der Waals surface area contributed by atoms with Crippen molar-refractivity contribution in [2.75, 3.05) is 11.6 Å². The molecule has 1 amide bonds. The van der Waals surface area contributed by atoms with Gasteiger partial charge < -0.3 is 4.74 Å². The second-order valence-corrected chi connectivity index (χ2v) is 5.47. The third-order valence-corrected chi connectivity index (χ3v) is 3.68. The molecule has 0 aliphatic carbocycles. The van der Waals surface area contributed by atoms with Gasteiger partial charge in [0.2, 0.25) is 0 Å². The molecule has 0 fully saturated rings. The van der Waals surface area contributed by atoms with E-state index in [1.165, 1.54) is 0 Å². The molecule has 0 bridgehead atoms. The Morgan fingerprint density at radius 2 is 1.90 bits per heavy atom. The van der Waals surface area contributed by atoms with E-state index in [0.29, 0.717) is 16.5 Å². The molecule has 3 nitrogen and oxygen atoms in total. The minimum absolute atomic E-state index is 0.500. The number of carbonyl (C=O) groups excluding carboxylic acids is 1. The lowest BCUT2D eigenvalue weighted by Crippen LogP contribution is -2.17. The van der Waals surface area contributed by atoms with E-state index in [0.717, 1.165) is 10.5 Å². The van der Waals surface area contributed by atoms with Crippen molar-refractivity contribution < 1.29 is 9.53 Å². The van der Waals surface area contributed by atoms with Crippen LogP contribution in [0, 0.1) is 6.92 Å². The van der Waals surface area contributed by atoms with Gasteiger partial charge in [0.05, 0.1) is 0 Å². The van der Waals surface area contributed by atoms with Crippen LogP contribution in [0.3, 0.4) is 0 Å². The first kappa shape index (κ1) is 14.8. The standard InChI is InChI=1S/C15H14ClNO2S/c1-10-3-4-11(16)9-14(10)17-15(18)19-12-5-7-13(20-2)8-6-12/h3-9H,1-2H3,(H,17,18). The Bertz CT molecular complexity index is 614. The van der Waals surface area contributed by atoms with E-state index in [2.05, 4.69) is 5.32 Å². The third kappa shape index (κ3) is 3.92. The van der Waals surface area contributed by atoms with Gasteiger partial charge in [0.15, 0.2) is 0 Å². The van der Waals surface area contributed by atoms with Gasteiger partial charge in [0, 0.05) is 15.6 Å². The summed E-state index contributed by atoms with van der Waals surface area (Å²) >= 11 is 7.53. The Morgan fingerprint density at radius 3 is 2.55 bits per heavy atom. The van der Waals surface area contributed by atoms with Crippen LogP contribution in [0.15, 0.2) is 47.4 Å². The van der Waals surface area contributed by atoms with Gasteiger partial charge in [-0.1, -0.05) is 17.7 Å². The minimum Gasteiger partial charge on any atom is -0.410 e. The molecule has 1 N–H and O–H groups in total. The Morgan fingerprint density at radius 1 is 1.20 bits per heavy atom. The number of halogens is 1. The highest BCUT2D eigenvalue weighted by atomic mass is 35.5. The summed E-state index contributed by atoms with van der Waals surface area (Å²) in [6, 6.07) is 12.6. The summed E-state index contributed by atoms with van der Waals surface area (Å²) in [5, 5.41) is 3.24. The van der Waals surface area contributed by atoms with Crippen molar-refractivity contribution in [3.63, 3.8) is 0 Å². The summed E-state index contributed by atoms with van der Waals surface area (Å²) < 4.78 is 5.21. The Kier molecular flexibility index (Phi) is 4.93. The molecule has 0 aliphatic rings. The van der Waals surface area contributed by atoms with Gasteiger partial charge in [-0.25, -0.2) is 4.79 Å². The van der Waals surface area contributed by atoms with Gasteiger partial charge >= 0.3 is 6.09 Å². The summed E-state index contributed by atoms with van der Waals surface area (Å²) in [4.78, 5) is 12.9. The highest BCUT2D eigenvalue weighted by molar-refractivity contribution is 7.98. The number of aryl methyl sites for hydroxylation is 1. The topological polar surface area (TPSA) is 38.3 Å². The summed E-state index contributed by atoms with van der Waals surface area (Å²) in [7, 11) is 0. The number of hydrogen-bond acceptors (Lipinski definition) is 3. The lowest BCUT2D eigenvalue weighted by atomic mass is 10.2. The number of carbonyl (C=O) groups is 1. The lowest BCUT2D eigenvalue weighted by Gasteiger charge is -2.09. The molecule has 5 heteroatoms. The molecule has 0 unspecified atom stereocenters. The molecular weight excluding hydrogens is 294 g/mol. The predicted molar refractivity (Wildman–Crippen MR) is 84.1 cm³/mol. The van der Waals surface area contributed by atoms with E-state index < -0.39 is 6.09 Å². The Hall–Kier alpha value is -1.65. The van der Waals surface area contributed by atoms with Crippen LogP contribution in [-0.4, -0.2) is 12.3 Å². The number of benzene rings is 2. The molecule has 0 aliphatic heterocycles. The lowest BCUT2D eigenvalue weighted by molar-refractivity contribution is 0.215. The molecule has 2 rings (SSSR count). The largest absolute Gasteiger partial charge is 0.417 e. The molecule has 0 aromatic heterocycles. The fraction of sp³-hybridized carbons (Fsp3) is 0.133. The van der Waals surface area contributed by atoms with E-state index in [1.807, 2.05) is 31.4 Å². The average molecular weight is 308 g/mol. The van der Waals surface area contributed by atoms with E-state index in [4.69, 9.17) is 16.3 Å². The summed E-state index contributed by atoms with van der Waals surface area (Å²) in [5.74, 6) is 0.500. The van der Waals surface area contributed by atoms with Crippen molar-refractivity contribution in [2.45, 2.75) is 11.8 Å². The number of anilines is 1. The zero-order chi connectivity index (χ0) is 14.5. The van der Waals surface area contributed by atoms with Gasteiger partial charge in [-0.05, 0) is 55.1 Å². The van der Waals surface area contributed by atoms with E-state index in [1.54, 1.807) is 36.0 Å². The first-order valence-corrected chi connectivity index (χ1v) is 7.58. The van der Waals surface area contributed by atoms with Gasteiger partial charge in [0.1, 0.15) is 5.75 Å². The van der Waals surface area contributed by atoms with Crippen LogP contribution < -0.4 is 10.1 Å². The summed E-state index contributed by atoms with van der Waals surface area (Å²) in [5.41, 5.74) is 1.56. The maximum Gasteiger partial charge on any atom is 0.417 e. The van der Waals surface area contributed by atoms with E-state index in [9.17, 15) is 4.79 Å². The van der Waals surface area contributed by atoms with Crippen molar-refractivity contribution in [2.24, 2.45) is 0 Å². The van der Waals surface area contributed by atoms with Crippen molar-refractivity contribution >= 4 is 35.1 Å². The SMILES string of the molecule is CSc1ccc(OC(=O)Nc2cc(Cl)ccc2C)cc1. The highest BCUT2D eigenvalue weighted by Gasteiger charge is 2.07. The smallest absolute Gasteiger partial charge is 0.410 e. The fourth-order valence-electron chi connectivity index (χ4n) is 1.62. The number of thioether (sulfide) groups is 1. The maximum absolute atomic E-state index is 11.8. The molecule has 0 radical (unpaired) electrons.